The van der Waals surface area contributed by atoms with Crippen molar-refractivity contribution < 1.29 is 19.0 Å². The summed E-state index contributed by atoms with van der Waals surface area (Å²) in [4.78, 5) is 0. The zero-order valence-corrected chi connectivity index (χ0v) is 12.2. The minimum Gasteiger partial charge on any atom is -0.392 e. The van der Waals surface area contributed by atoms with E-state index in [0.717, 1.165) is 12.1 Å². The Bertz CT molecular complexity index is 412. The molecule has 0 aliphatic heterocycles. The number of benzene rings is 1. The summed E-state index contributed by atoms with van der Waals surface area (Å²) in [6, 6.07) is 3.47. The molecule has 2 unspecified atom stereocenters. The van der Waals surface area contributed by atoms with Crippen LogP contribution in [0.5, 0.6) is 0 Å². The van der Waals surface area contributed by atoms with Gasteiger partial charge in [-0.2, -0.15) is 0 Å². The molecular weight excluding hydrogens is 264 g/mol. The molecule has 1 aromatic rings. The Morgan fingerprint density at radius 3 is 2.15 bits per heavy atom. The lowest BCUT2D eigenvalue weighted by atomic mass is 9.89. The van der Waals surface area contributed by atoms with Crippen LogP contribution in [-0.4, -0.2) is 29.4 Å². The Balaban J connectivity index is 2.46. The Labute approximate surface area is 118 Å². The van der Waals surface area contributed by atoms with Crippen molar-refractivity contribution in [2.75, 3.05) is 13.1 Å². The minimum atomic E-state index is -1.28. The second-order valence-corrected chi connectivity index (χ2v) is 6.23. The largest absolute Gasteiger partial charge is 0.392 e. The van der Waals surface area contributed by atoms with E-state index in [4.69, 9.17) is 0 Å². The van der Waals surface area contributed by atoms with Crippen molar-refractivity contribution in [3.8, 4) is 0 Å². The van der Waals surface area contributed by atoms with Crippen LogP contribution in [0.2, 0.25) is 0 Å². The molecule has 0 bridgehead atoms. The molecule has 0 aromatic heterocycles. The van der Waals surface area contributed by atoms with E-state index in [2.05, 4.69) is 5.32 Å². The first-order valence-corrected chi connectivity index (χ1v) is 6.71. The summed E-state index contributed by atoms with van der Waals surface area (Å²) in [6.45, 7) is 6.29. The lowest BCUT2D eigenvalue weighted by molar-refractivity contribution is 0.110. The van der Waals surface area contributed by atoms with Crippen LogP contribution >= 0.6 is 0 Å². The van der Waals surface area contributed by atoms with E-state index in [9.17, 15) is 19.0 Å². The molecule has 0 saturated heterocycles. The highest BCUT2D eigenvalue weighted by Crippen LogP contribution is 2.21. The molecule has 3 N–H and O–H groups in total. The number of rotatable bonds is 6. The molecule has 0 spiro atoms. The second kappa shape index (κ2) is 7.11. The highest BCUT2D eigenvalue weighted by molar-refractivity contribution is 5.22. The monoisotopic (exact) mass is 287 g/mol. The predicted molar refractivity (Wildman–Crippen MR) is 74.3 cm³/mol. The van der Waals surface area contributed by atoms with Crippen LogP contribution in [0.3, 0.4) is 0 Å². The lowest BCUT2D eigenvalue weighted by Gasteiger charge is -2.23. The zero-order valence-electron chi connectivity index (χ0n) is 12.2. The number of hydrogen-bond donors (Lipinski definition) is 3. The fraction of sp³-hybridized carbons (Fsp3) is 0.600. The fourth-order valence-electron chi connectivity index (χ4n) is 2.10. The van der Waals surface area contributed by atoms with E-state index >= 15 is 0 Å². The van der Waals surface area contributed by atoms with Crippen LogP contribution in [0.25, 0.3) is 0 Å². The molecule has 0 aliphatic rings. The minimum absolute atomic E-state index is 0.00262. The molecule has 1 rings (SSSR count). The number of aliphatic hydroxyl groups is 2. The van der Waals surface area contributed by atoms with Gasteiger partial charge in [0.25, 0.3) is 0 Å². The summed E-state index contributed by atoms with van der Waals surface area (Å²) >= 11 is 0. The Hall–Kier alpha value is -1.04. The highest BCUT2D eigenvalue weighted by Gasteiger charge is 2.19. The smallest absolute Gasteiger partial charge is 0.131 e. The van der Waals surface area contributed by atoms with Gasteiger partial charge < -0.3 is 15.5 Å². The van der Waals surface area contributed by atoms with Crippen molar-refractivity contribution in [2.24, 2.45) is 5.41 Å². The summed E-state index contributed by atoms with van der Waals surface area (Å²) in [5.41, 5.74) is -0.345. The Kier molecular flexibility index (Phi) is 6.05. The maximum atomic E-state index is 13.4. The Morgan fingerprint density at radius 2 is 1.65 bits per heavy atom. The normalized spacial score (nSPS) is 15.2. The first-order chi connectivity index (χ1) is 9.20. The molecule has 20 heavy (non-hydrogen) atoms. The maximum Gasteiger partial charge on any atom is 0.131 e. The van der Waals surface area contributed by atoms with Gasteiger partial charge in [0.2, 0.25) is 0 Å². The Morgan fingerprint density at radius 1 is 1.10 bits per heavy atom. The van der Waals surface area contributed by atoms with Gasteiger partial charge >= 0.3 is 0 Å². The SMILES string of the molecule is CC(C)(C)CC(O)CNCC(O)c1c(F)cccc1F. The number of halogens is 2. The van der Waals surface area contributed by atoms with Gasteiger partial charge in [0.15, 0.2) is 0 Å². The third-order valence-electron chi connectivity index (χ3n) is 2.90. The van der Waals surface area contributed by atoms with Gasteiger partial charge in [0.1, 0.15) is 11.6 Å². The quantitative estimate of drug-likeness (QED) is 0.753. The molecule has 0 saturated carbocycles. The summed E-state index contributed by atoms with van der Waals surface area (Å²) < 4.78 is 26.9. The van der Waals surface area contributed by atoms with E-state index in [0.29, 0.717) is 6.42 Å². The molecule has 0 aliphatic carbocycles. The van der Waals surface area contributed by atoms with Crippen LogP contribution in [0, 0.1) is 17.0 Å². The molecule has 2 atom stereocenters. The van der Waals surface area contributed by atoms with Crippen molar-refractivity contribution in [2.45, 2.75) is 39.4 Å². The van der Waals surface area contributed by atoms with E-state index in [1.54, 1.807) is 0 Å². The fourth-order valence-corrected chi connectivity index (χ4v) is 2.10. The standard InChI is InChI=1S/C15H23F2NO2/c1-15(2,3)7-10(19)8-18-9-13(20)14-11(16)5-4-6-12(14)17/h4-6,10,13,18-20H,7-9H2,1-3H3. The molecule has 3 nitrogen and oxygen atoms in total. The zero-order chi connectivity index (χ0) is 15.3. The summed E-state index contributed by atoms with van der Waals surface area (Å²) in [6.07, 6.45) is -1.24. The molecule has 0 amide bonds. The van der Waals surface area contributed by atoms with Crippen molar-refractivity contribution >= 4 is 0 Å². The van der Waals surface area contributed by atoms with Gasteiger partial charge in [-0.1, -0.05) is 26.8 Å². The van der Waals surface area contributed by atoms with E-state index in [-0.39, 0.29) is 24.1 Å². The first-order valence-electron chi connectivity index (χ1n) is 6.71. The molecule has 0 heterocycles. The van der Waals surface area contributed by atoms with Crippen molar-refractivity contribution in [3.63, 3.8) is 0 Å². The van der Waals surface area contributed by atoms with Crippen LogP contribution in [-0.2, 0) is 0 Å². The summed E-state index contributed by atoms with van der Waals surface area (Å²) in [7, 11) is 0. The van der Waals surface area contributed by atoms with Crippen molar-refractivity contribution in [1.82, 2.24) is 5.32 Å². The highest BCUT2D eigenvalue weighted by atomic mass is 19.1. The molecular formula is C15H23F2NO2. The van der Waals surface area contributed by atoms with E-state index in [1.165, 1.54) is 6.07 Å². The average molecular weight is 287 g/mol. The van der Waals surface area contributed by atoms with Gasteiger partial charge in [-0.15, -0.1) is 0 Å². The van der Waals surface area contributed by atoms with Crippen molar-refractivity contribution in [3.05, 3.63) is 35.4 Å². The molecule has 0 fully saturated rings. The average Bonchev–Trinajstić information content (AvgIpc) is 2.26. The molecule has 0 radical (unpaired) electrons. The third-order valence-corrected chi connectivity index (χ3v) is 2.90. The first kappa shape index (κ1) is 17.0. The van der Waals surface area contributed by atoms with Crippen LogP contribution < -0.4 is 5.32 Å². The lowest BCUT2D eigenvalue weighted by Crippen LogP contribution is -2.33. The van der Waals surface area contributed by atoms with Gasteiger partial charge in [0.05, 0.1) is 17.8 Å². The molecule has 1 aromatic carbocycles. The number of aliphatic hydroxyl groups excluding tert-OH is 2. The van der Waals surface area contributed by atoms with Crippen LogP contribution in [0.4, 0.5) is 8.78 Å². The van der Waals surface area contributed by atoms with Gasteiger partial charge in [-0.05, 0) is 24.0 Å². The summed E-state index contributed by atoms with van der Waals surface area (Å²) in [5.74, 6) is -1.54. The van der Waals surface area contributed by atoms with E-state index in [1.807, 2.05) is 20.8 Å². The van der Waals surface area contributed by atoms with Gasteiger partial charge in [0, 0.05) is 13.1 Å². The van der Waals surface area contributed by atoms with Gasteiger partial charge in [-0.3, -0.25) is 0 Å². The second-order valence-electron chi connectivity index (χ2n) is 6.23. The topological polar surface area (TPSA) is 52.5 Å². The van der Waals surface area contributed by atoms with Crippen molar-refractivity contribution in [1.29, 1.82) is 0 Å². The number of nitrogens with one attached hydrogen (secondary N) is 1. The number of hydrogen-bond acceptors (Lipinski definition) is 3. The maximum absolute atomic E-state index is 13.4. The van der Waals surface area contributed by atoms with Crippen LogP contribution in [0.1, 0.15) is 38.9 Å². The van der Waals surface area contributed by atoms with Gasteiger partial charge in [-0.25, -0.2) is 8.78 Å². The predicted octanol–water partition coefficient (Wildman–Crippen LogP) is 2.38. The summed E-state index contributed by atoms with van der Waals surface area (Å²) in [5, 5.41) is 22.4. The van der Waals surface area contributed by atoms with E-state index < -0.39 is 23.8 Å². The van der Waals surface area contributed by atoms with Crippen LogP contribution in [0.15, 0.2) is 18.2 Å². The molecule has 114 valence electrons. The molecule has 5 heteroatoms. The third kappa shape index (κ3) is 5.53.